The molecule has 0 bridgehead atoms. The fraction of sp³-hybridized carbons (Fsp3) is 0.636. The van der Waals surface area contributed by atoms with Gasteiger partial charge in [-0.1, -0.05) is 58.0 Å². The van der Waals surface area contributed by atoms with Crippen molar-refractivity contribution >= 4 is 23.5 Å². The van der Waals surface area contributed by atoms with Gasteiger partial charge in [0.2, 0.25) is 5.95 Å². The minimum absolute atomic E-state index is 0.0525. The Labute approximate surface area is 190 Å². The average molecular weight is 445 g/mol. The van der Waals surface area contributed by atoms with Gasteiger partial charge in [0.25, 0.3) is 0 Å². The molecule has 0 aliphatic carbocycles. The van der Waals surface area contributed by atoms with Gasteiger partial charge in [0.05, 0.1) is 0 Å². The van der Waals surface area contributed by atoms with E-state index in [0.717, 1.165) is 73.8 Å². The minimum Gasteiger partial charge on any atom is -0.368 e. The molecule has 0 radical (unpaired) electrons. The Morgan fingerprint density at radius 1 is 1.16 bits per heavy atom. The topological polar surface area (TPSA) is 89.0 Å². The minimum atomic E-state index is -0.0525. The van der Waals surface area contributed by atoms with Crippen molar-refractivity contribution in [2.75, 3.05) is 49.1 Å². The molecule has 0 amide bonds. The van der Waals surface area contributed by atoms with Crippen LogP contribution in [0.3, 0.4) is 0 Å². The Hall–Kier alpha value is -2.13. The zero-order valence-electron chi connectivity index (χ0n) is 19.6. The van der Waals surface area contributed by atoms with Crippen molar-refractivity contribution in [3.05, 3.63) is 29.7 Å². The van der Waals surface area contributed by atoms with Crippen LogP contribution >= 0.6 is 11.8 Å². The maximum Gasteiger partial charge on any atom is 0.222 e. The predicted octanol–water partition coefficient (Wildman–Crippen LogP) is 2.91. The maximum absolute atomic E-state index is 5.75. The van der Waals surface area contributed by atoms with Crippen LogP contribution in [-0.2, 0) is 18.9 Å². The van der Waals surface area contributed by atoms with Crippen molar-refractivity contribution in [2.45, 2.75) is 51.1 Å². The summed E-state index contributed by atoms with van der Waals surface area (Å²) in [5.74, 6) is 3.25. The second-order valence-electron chi connectivity index (χ2n) is 9.24. The Kier molecular flexibility index (Phi) is 7.59. The van der Waals surface area contributed by atoms with Crippen LogP contribution in [-0.4, -0.2) is 68.1 Å². The lowest BCUT2D eigenvalue weighted by Crippen LogP contribution is -2.47. The molecule has 0 saturated carbocycles. The highest BCUT2D eigenvalue weighted by atomic mass is 32.2. The first-order valence-electron chi connectivity index (χ1n) is 11.0. The van der Waals surface area contributed by atoms with Gasteiger partial charge in [-0.3, -0.25) is 9.47 Å². The van der Waals surface area contributed by atoms with E-state index in [-0.39, 0.29) is 5.41 Å². The molecule has 3 heterocycles. The molecule has 31 heavy (non-hydrogen) atoms. The highest BCUT2D eigenvalue weighted by Gasteiger charge is 2.23. The highest BCUT2D eigenvalue weighted by Crippen LogP contribution is 2.24. The van der Waals surface area contributed by atoms with Crippen molar-refractivity contribution in [2.24, 2.45) is 7.05 Å². The Bertz CT molecular complexity index is 893. The summed E-state index contributed by atoms with van der Waals surface area (Å²) < 4.78 is 1.80. The third kappa shape index (κ3) is 6.20. The van der Waals surface area contributed by atoms with E-state index in [1.165, 1.54) is 5.57 Å². The SMILES string of the molecule is C=C(CSc1nnc(N)n1C)CN1CCN(c2cc(CCC)nc(C(C)(C)C)n2)CC1. The first-order valence-corrected chi connectivity index (χ1v) is 12.0. The molecule has 0 atom stereocenters. The van der Waals surface area contributed by atoms with E-state index in [9.17, 15) is 0 Å². The second-order valence-corrected chi connectivity index (χ2v) is 10.2. The molecule has 1 fully saturated rings. The molecule has 2 aromatic rings. The predicted molar refractivity (Wildman–Crippen MR) is 129 cm³/mol. The van der Waals surface area contributed by atoms with Crippen molar-refractivity contribution in [1.82, 2.24) is 29.6 Å². The molecule has 8 nitrogen and oxygen atoms in total. The molecule has 1 aliphatic heterocycles. The first-order chi connectivity index (χ1) is 14.7. The van der Waals surface area contributed by atoms with E-state index < -0.39 is 0 Å². The van der Waals surface area contributed by atoms with Crippen LogP contribution in [0.1, 0.15) is 45.6 Å². The largest absolute Gasteiger partial charge is 0.368 e. The monoisotopic (exact) mass is 444 g/mol. The van der Waals surface area contributed by atoms with Crippen LogP contribution in [0.2, 0.25) is 0 Å². The lowest BCUT2D eigenvalue weighted by Gasteiger charge is -2.36. The lowest BCUT2D eigenvalue weighted by atomic mass is 9.95. The van der Waals surface area contributed by atoms with E-state index >= 15 is 0 Å². The molecule has 2 aromatic heterocycles. The van der Waals surface area contributed by atoms with Gasteiger partial charge >= 0.3 is 0 Å². The highest BCUT2D eigenvalue weighted by molar-refractivity contribution is 7.99. The van der Waals surface area contributed by atoms with E-state index in [4.69, 9.17) is 15.7 Å². The third-order valence-corrected chi connectivity index (χ3v) is 6.53. The van der Waals surface area contributed by atoms with Crippen LogP contribution in [0.25, 0.3) is 0 Å². The molecule has 3 rings (SSSR count). The number of nitrogens with two attached hydrogens (primary N) is 1. The normalized spacial score (nSPS) is 15.5. The summed E-state index contributed by atoms with van der Waals surface area (Å²) in [6.07, 6.45) is 2.09. The van der Waals surface area contributed by atoms with E-state index in [1.54, 1.807) is 16.3 Å². The number of hydrogen-bond donors (Lipinski definition) is 1. The number of anilines is 2. The number of aryl methyl sites for hydroxylation is 1. The third-order valence-electron chi connectivity index (χ3n) is 5.36. The summed E-state index contributed by atoms with van der Waals surface area (Å²) in [6.45, 7) is 17.8. The van der Waals surface area contributed by atoms with Crippen molar-refractivity contribution in [1.29, 1.82) is 0 Å². The molecule has 9 heteroatoms. The van der Waals surface area contributed by atoms with Crippen molar-refractivity contribution < 1.29 is 0 Å². The molecular formula is C22H36N8S. The van der Waals surface area contributed by atoms with Crippen molar-refractivity contribution in [3.8, 4) is 0 Å². The Morgan fingerprint density at radius 2 is 1.87 bits per heavy atom. The molecule has 1 saturated heterocycles. The van der Waals surface area contributed by atoms with Crippen LogP contribution in [0.15, 0.2) is 23.4 Å². The summed E-state index contributed by atoms with van der Waals surface area (Å²) in [5.41, 5.74) is 8.03. The lowest BCUT2D eigenvalue weighted by molar-refractivity contribution is 0.278. The molecule has 0 aromatic carbocycles. The van der Waals surface area contributed by atoms with Gasteiger partial charge in [0, 0.05) is 62.7 Å². The molecule has 2 N–H and O–H groups in total. The second kappa shape index (κ2) is 9.99. The summed E-state index contributed by atoms with van der Waals surface area (Å²) in [4.78, 5) is 14.6. The zero-order valence-corrected chi connectivity index (χ0v) is 20.4. The van der Waals surface area contributed by atoms with E-state index in [2.05, 4.69) is 60.3 Å². The van der Waals surface area contributed by atoms with E-state index in [1.807, 2.05) is 7.05 Å². The van der Waals surface area contributed by atoms with Gasteiger partial charge < -0.3 is 10.6 Å². The Morgan fingerprint density at radius 3 is 2.45 bits per heavy atom. The number of thioether (sulfide) groups is 1. The quantitative estimate of drug-likeness (QED) is 0.491. The van der Waals surface area contributed by atoms with Gasteiger partial charge in [0.1, 0.15) is 11.6 Å². The fourth-order valence-electron chi connectivity index (χ4n) is 3.48. The number of nitrogen functional groups attached to an aromatic ring is 1. The molecule has 0 unspecified atom stereocenters. The molecule has 1 aliphatic rings. The number of rotatable bonds is 8. The van der Waals surface area contributed by atoms with Gasteiger partial charge in [-0.15, -0.1) is 10.2 Å². The first kappa shape index (κ1) is 23.5. The van der Waals surface area contributed by atoms with Crippen molar-refractivity contribution in [3.63, 3.8) is 0 Å². The summed E-state index contributed by atoms with van der Waals surface area (Å²) in [6, 6.07) is 2.18. The smallest absolute Gasteiger partial charge is 0.222 e. The molecule has 0 spiro atoms. The number of hydrogen-bond acceptors (Lipinski definition) is 8. The van der Waals surface area contributed by atoms with Crippen LogP contribution in [0, 0.1) is 0 Å². The van der Waals surface area contributed by atoms with Crippen LogP contribution < -0.4 is 10.6 Å². The Balaban J connectivity index is 1.55. The molecular weight excluding hydrogens is 408 g/mol. The number of nitrogens with zero attached hydrogens (tertiary/aromatic N) is 7. The zero-order chi connectivity index (χ0) is 22.6. The standard InChI is InChI=1S/C22H36N8S/c1-7-8-17-13-18(25-19(24-17)22(3,4)5)30-11-9-29(10-12-30)14-16(2)15-31-21-27-26-20(23)28(21)6/h13H,2,7-12,14-15H2,1,3-6H3,(H2,23,26). The average Bonchev–Trinajstić information content (AvgIpc) is 3.04. The van der Waals surface area contributed by atoms with Crippen LogP contribution in [0.5, 0.6) is 0 Å². The number of aromatic nitrogens is 5. The summed E-state index contributed by atoms with van der Waals surface area (Å²) in [5, 5.41) is 8.82. The van der Waals surface area contributed by atoms with E-state index in [0.29, 0.717) is 5.95 Å². The molecule has 170 valence electrons. The van der Waals surface area contributed by atoms with Gasteiger partial charge in [-0.05, 0) is 6.42 Å². The fourth-order valence-corrected chi connectivity index (χ4v) is 4.29. The van der Waals surface area contributed by atoms with Crippen LogP contribution in [0.4, 0.5) is 11.8 Å². The van der Waals surface area contributed by atoms with Gasteiger partial charge in [-0.2, -0.15) is 0 Å². The summed E-state index contributed by atoms with van der Waals surface area (Å²) >= 11 is 1.63. The summed E-state index contributed by atoms with van der Waals surface area (Å²) in [7, 11) is 1.88. The van der Waals surface area contributed by atoms with Gasteiger partial charge in [-0.25, -0.2) is 9.97 Å². The number of piperazine rings is 1. The maximum atomic E-state index is 5.75. The van der Waals surface area contributed by atoms with Gasteiger partial charge in [0.15, 0.2) is 5.16 Å².